The lowest BCUT2D eigenvalue weighted by atomic mass is 9.84. The van der Waals surface area contributed by atoms with Gasteiger partial charge in [0.15, 0.2) is 0 Å². The second kappa shape index (κ2) is 6.55. The summed E-state index contributed by atoms with van der Waals surface area (Å²) in [6.07, 6.45) is 10.4. The number of hydrogen-bond donors (Lipinski definition) is 1. The molecule has 3 nitrogen and oxygen atoms in total. The maximum Gasteiger partial charge on any atom is 0.323 e. The zero-order valence-corrected chi connectivity index (χ0v) is 11.6. The van der Waals surface area contributed by atoms with E-state index in [-0.39, 0.29) is 18.1 Å². The fourth-order valence-corrected chi connectivity index (χ4v) is 3.28. The van der Waals surface area contributed by atoms with Crippen LogP contribution in [0.15, 0.2) is 0 Å². The molecule has 0 aromatic heterocycles. The molecule has 0 bridgehead atoms. The highest BCUT2D eigenvalue weighted by Crippen LogP contribution is 2.28. The average molecular weight is 253 g/mol. The van der Waals surface area contributed by atoms with Crippen molar-refractivity contribution >= 4 is 5.97 Å². The van der Waals surface area contributed by atoms with Gasteiger partial charge in [0.1, 0.15) is 12.1 Å². The molecular weight excluding hydrogens is 226 g/mol. The minimum atomic E-state index is -0.385. The summed E-state index contributed by atoms with van der Waals surface area (Å²) >= 11 is 0. The summed E-state index contributed by atoms with van der Waals surface area (Å²) in [5, 5.41) is 0. The van der Waals surface area contributed by atoms with E-state index in [1.54, 1.807) is 0 Å². The number of carbonyl (C=O) groups is 1. The van der Waals surface area contributed by atoms with Crippen LogP contribution in [0.5, 0.6) is 0 Å². The largest absolute Gasteiger partial charge is 0.461 e. The second-order valence-corrected chi connectivity index (χ2v) is 6.24. The molecule has 0 aliphatic heterocycles. The highest BCUT2D eigenvalue weighted by molar-refractivity contribution is 5.76. The van der Waals surface area contributed by atoms with Crippen molar-refractivity contribution in [2.24, 2.45) is 17.6 Å². The van der Waals surface area contributed by atoms with Gasteiger partial charge in [-0.2, -0.15) is 0 Å². The zero-order valence-electron chi connectivity index (χ0n) is 11.6. The third-order valence-corrected chi connectivity index (χ3v) is 4.68. The van der Waals surface area contributed by atoms with Crippen molar-refractivity contribution in [2.45, 2.75) is 76.9 Å². The summed E-state index contributed by atoms with van der Waals surface area (Å²) in [6.45, 7) is 2.27. The van der Waals surface area contributed by atoms with Crippen LogP contribution in [0.25, 0.3) is 0 Å². The van der Waals surface area contributed by atoms with E-state index in [4.69, 9.17) is 10.5 Å². The van der Waals surface area contributed by atoms with Gasteiger partial charge < -0.3 is 10.5 Å². The van der Waals surface area contributed by atoms with Crippen LogP contribution in [0.4, 0.5) is 0 Å². The lowest BCUT2D eigenvalue weighted by Crippen LogP contribution is -2.42. The predicted molar refractivity (Wildman–Crippen MR) is 72.1 cm³/mol. The highest BCUT2D eigenvalue weighted by atomic mass is 16.5. The molecule has 2 aliphatic rings. The van der Waals surface area contributed by atoms with Gasteiger partial charge in [0, 0.05) is 0 Å². The molecule has 1 atom stereocenters. The summed E-state index contributed by atoms with van der Waals surface area (Å²) < 4.78 is 5.59. The summed E-state index contributed by atoms with van der Waals surface area (Å²) in [7, 11) is 0. The van der Waals surface area contributed by atoms with Crippen molar-refractivity contribution in [1.82, 2.24) is 0 Å². The molecule has 2 aliphatic carbocycles. The molecule has 0 aromatic rings. The summed E-state index contributed by atoms with van der Waals surface area (Å²) in [4.78, 5) is 12.0. The molecule has 3 heteroatoms. The Morgan fingerprint density at radius 3 is 2.28 bits per heavy atom. The molecule has 104 valence electrons. The Balaban J connectivity index is 1.76. The fraction of sp³-hybridized carbons (Fsp3) is 0.933. The van der Waals surface area contributed by atoms with Gasteiger partial charge in [-0.1, -0.05) is 26.2 Å². The Hall–Kier alpha value is -0.570. The van der Waals surface area contributed by atoms with E-state index in [1.807, 2.05) is 0 Å². The molecule has 2 N–H and O–H groups in total. The Morgan fingerprint density at radius 1 is 1.06 bits per heavy atom. The van der Waals surface area contributed by atoms with E-state index >= 15 is 0 Å². The van der Waals surface area contributed by atoms with Crippen LogP contribution in [0.2, 0.25) is 0 Å². The molecule has 2 rings (SSSR count). The monoisotopic (exact) mass is 253 g/mol. The number of ether oxygens (including phenoxy) is 1. The molecule has 0 amide bonds. The van der Waals surface area contributed by atoms with Crippen LogP contribution in [-0.4, -0.2) is 18.1 Å². The first-order chi connectivity index (χ1) is 8.66. The molecule has 2 saturated carbocycles. The number of esters is 1. The van der Waals surface area contributed by atoms with Gasteiger partial charge >= 0.3 is 5.97 Å². The van der Waals surface area contributed by atoms with E-state index in [1.165, 1.54) is 32.1 Å². The van der Waals surface area contributed by atoms with Gasteiger partial charge in [-0.05, 0) is 50.4 Å². The van der Waals surface area contributed by atoms with Crippen LogP contribution in [0.3, 0.4) is 0 Å². The summed E-state index contributed by atoms with van der Waals surface area (Å²) in [5.74, 6) is 0.988. The molecular formula is C15H27NO2. The van der Waals surface area contributed by atoms with E-state index in [0.29, 0.717) is 5.92 Å². The molecule has 0 radical (unpaired) electrons. The predicted octanol–water partition coefficient (Wildman–Crippen LogP) is 3.02. The SMILES string of the molecule is CC1CCC(OC(=O)C(N)C2CCCCC2)CC1. The minimum absolute atomic E-state index is 0.128. The van der Waals surface area contributed by atoms with Crippen molar-refractivity contribution in [1.29, 1.82) is 0 Å². The van der Waals surface area contributed by atoms with Gasteiger partial charge in [-0.3, -0.25) is 4.79 Å². The minimum Gasteiger partial charge on any atom is -0.461 e. The number of carbonyl (C=O) groups excluding carboxylic acids is 1. The van der Waals surface area contributed by atoms with Gasteiger partial charge in [0.25, 0.3) is 0 Å². The third-order valence-electron chi connectivity index (χ3n) is 4.68. The Bertz CT molecular complexity index is 266. The Kier molecular flexibility index (Phi) is 5.04. The Labute approximate surface area is 110 Å². The second-order valence-electron chi connectivity index (χ2n) is 6.24. The van der Waals surface area contributed by atoms with Crippen LogP contribution in [0, 0.1) is 11.8 Å². The smallest absolute Gasteiger partial charge is 0.323 e. The fourth-order valence-electron chi connectivity index (χ4n) is 3.28. The first kappa shape index (κ1) is 13.9. The van der Waals surface area contributed by atoms with Crippen molar-refractivity contribution in [2.75, 3.05) is 0 Å². The molecule has 0 saturated heterocycles. The van der Waals surface area contributed by atoms with E-state index < -0.39 is 0 Å². The lowest BCUT2D eigenvalue weighted by molar-refractivity contribution is -0.154. The van der Waals surface area contributed by atoms with Gasteiger partial charge in [0.2, 0.25) is 0 Å². The topological polar surface area (TPSA) is 52.3 Å². The van der Waals surface area contributed by atoms with E-state index in [0.717, 1.165) is 31.6 Å². The van der Waals surface area contributed by atoms with Gasteiger partial charge in [0.05, 0.1) is 0 Å². The maximum atomic E-state index is 12.0. The number of rotatable bonds is 3. The molecule has 0 heterocycles. The highest BCUT2D eigenvalue weighted by Gasteiger charge is 2.30. The van der Waals surface area contributed by atoms with E-state index in [2.05, 4.69) is 6.92 Å². The standard InChI is InChI=1S/C15H27NO2/c1-11-7-9-13(10-8-11)18-15(17)14(16)12-5-3-2-4-6-12/h11-14H,2-10,16H2,1H3. The molecule has 0 spiro atoms. The summed E-state index contributed by atoms with van der Waals surface area (Å²) in [6, 6.07) is -0.385. The van der Waals surface area contributed by atoms with Crippen molar-refractivity contribution in [3.05, 3.63) is 0 Å². The zero-order chi connectivity index (χ0) is 13.0. The van der Waals surface area contributed by atoms with Crippen molar-refractivity contribution < 1.29 is 9.53 Å². The molecule has 1 unspecified atom stereocenters. The Morgan fingerprint density at radius 2 is 1.67 bits per heavy atom. The quantitative estimate of drug-likeness (QED) is 0.787. The lowest BCUT2D eigenvalue weighted by Gasteiger charge is -2.30. The van der Waals surface area contributed by atoms with E-state index in [9.17, 15) is 4.79 Å². The third kappa shape index (κ3) is 3.71. The van der Waals surface area contributed by atoms with Gasteiger partial charge in [-0.15, -0.1) is 0 Å². The molecule has 18 heavy (non-hydrogen) atoms. The van der Waals surface area contributed by atoms with Crippen LogP contribution in [-0.2, 0) is 9.53 Å². The normalized spacial score (nSPS) is 31.9. The summed E-state index contributed by atoms with van der Waals surface area (Å²) in [5.41, 5.74) is 6.06. The number of hydrogen-bond acceptors (Lipinski definition) is 3. The first-order valence-corrected chi connectivity index (χ1v) is 7.63. The first-order valence-electron chi connectivity index (χ1n) is 7.63. The van der Waals surface area contributed by atoms with Crippen LogP contribution < -0.4 is 5.73 Å². The van der Waals surface area contributed by atoms with Crippen molar-refractivity contribution in [3.8, 4) is 0 Å². The van der Waals surface area contributed by atoms with Gasteiger partial charge in [-0.25, -0.2) is 0 Å². The van der Waals surface area contributed by atoms with Crippen LogP contribution >= 0.6 is 0 Å². The maximum absolute atomic E-state index is 12.0. The number of nitrogens with two attached hydrogens (primary N) is 1. The average Bonchev–Trinajstić information content (AvgIpc) is 2.41. The van der Waals surface area contributed by atoms with Crippen molar-refractivity contribution in [3.63, 3.8) is 0 Å². The molecule has 2 fully saturated rings. The molecule has 0 aromatic carbocycles. The van der Waals surface area contributed by atoms with Crippen LogP contribution in [0.1, 0.15) is 64.7 Å².